The second-order valence-corrected chi connectivity index (χ2v) is 5.93. The predicted molar refractivity (Wildman–Crippen MR) is 84.3 cm³/mol. The Kier molecular flexibility index (Phi) is 4.68. The van der Waals surface area contributed by atoms with E-state index in [1.165, 1.54) is 0 Å². The lowest BCUT2D eigenvalue weighted by molar-refractivity contribution is 0.997. The van der Waals surface area contributed by atoms with Crippen LogP contribution in [0.5, 0.6) is 0 Å². The molecule has 2 rings (SSSR count). The number of nitrogens with two attached hydrogens (primary N) is 1. The second kappa shape index (κ2) is 6.26. The fourth-order valence-corrected chi connectivity index (χ4v) is 2.76. The second-order valence-electron chi connectivity index (χ2n) is 3.66. The molecule has 3 nitrogen and oxygen atoms in total. The fraction of sp³-hybridized carbons (Fsp3) is 0.167. The third-order valence-electron chi connectivity index (χ3n) is 2.39. The van der Waals surface area contributed by atoms with Gasteiger partial charge in [0.15, 0.2) is 0 Å². The minimum atomic E-state index is 0.407. The lowest BCUT2D eigenvalue weighted by atomic mass is 10.2. The molecule has 1 heterocycles. The zero-order valence-electron chi connectivity index (χ0n) is 9.52. The largest absolute Gasteiger partial charge is 0.389 e. The molecular formula is C12H12BrN3S2. The van der Waals surface area contributed by atoms with E-state index in [9.17, 15) is 0 Å². The highest BCUT2D eigenvalue weighted by Gasteiger charge is 2.03. The van der Waals surface area contributed by atoms with Crippen LogP contribution >= 0.6 is 39.5 Å². The van der Waals surface area contributed by atoms with Gasteiger partial charge in [0.1, 0.15) is 4.99 Å². The summed E-state index contributed by atoms with van der Waals surface area (Å²) in [5.74, 6) is 0. The number of benzene rings is 1. The molecule has 0 fully saturated rings. The monoisotopic (exact) mass is 341 g/mol. The Balaban J connectivity index is 1.95. The Hall–Kier alpha value is -0.980. The summed E-state index contributed by atoms with van der Waals surface area (Å²) >= 11 is 10.1. The van der Waals surface area contributed by atoms with Gasteiger partial charge in [0.2, 0.25) is 0 Å². The van der Waals surface area contributed by atoms with E-state index in [0.717, 1.165) is 33.7 Å². The van der Waals surface area contributed by atoms with Crippen molar-refractivity contribution in [2.24, 2.45) is 5.73 Å². The van der Waals surface area contributed by atoms with Crippen LogP contribution in [0.15, 0.2) is 34.2 Å². The molecule has 94 valence electrons. The van der Waals surface area contributed by atoms with Gasteiger partial charge in [0.25, 0.3) is 0 Å². The summed E-state index contributed by atoms with van der Waals surface area (Å²) in [4.78, 5) is 4.65. The van der Waals surface area contributed by atoms with Crippen molar-refractivity contribution < 1.29 is 0 Å². The zero-order valence-corrected chi connectivity index (χ0v) is 12.7. The summed E-state index contributed by atoms with van der Waals surface area (Å²) in [7, 11) is 0. The minimum absolute atomic E-state index is 0.407. The molecule has 6 heteroatoms. The third kappa shape index (κ3) is 3.51. The van der Waals surface area contributed by atoms with Gasteiger partial charge in [-0.2, -0.15) is 0 Å². The number of rotatable bonds is 5. The highest BCUT2D eigenvalue weighted by atomic mass is 79.9. The topological polar surface area (TPSA) is 50.9 Å². The molecule has 0 atom stereocenters. The Morgan fingerprint density at radius 1 is 1.50 bits per heavy atom. The van der Waals surface area contributed by atoms with Crippen molar-refractivity contribution in [3.63, 3.8) is 0 Å². The maximum Gasteiger partial charge on any atom is 0.104 e. The summed E-state index contributed by atoms with van der Waals surface area (Å²) in [5.41, 5.74) is 7.48. The van der Waals surface area contributed by atoms with Crippen LogP contribution < -0.4 is 11.1 Å². The van der Waals surface area contributed by atoms with Gasteiger partial charge in [-0.25, -0.2) is 4.98 Å². The van der Waals surface area contributed by atoms with Crippen molar-refractivity contribution in [3.8, 4) is 0 Å². The van der Waals surface area contributed by atoms with E-state index in [1.807, 2.05) is 29.8 Å². The Morgan fingerprint density at radius 3 is 2.94 bits per heavy atom. The number of thiocarbonyl (C=S) groups is 1. The van der Waals surface area contributed by atoms with E-state index in [1.54, 1.807) is 11.3 Å². The van der Waals surface area contributed by atoms with Gasteiger partial charge in [-0.05, 0) is 34.1 Å². The van der Waals surface area contributed by atoms with Crippen LogP contribution in [0.25, 0.3) is 0 Å². The number of anilines is 1. The SMILES string of the molecule is NC(=S)c1ccc(NCCc2nccs2)c(Br)c1. The summed E-state index contributed by atoms with van der Waals surface area (Å²) in [6.07, 6.45) is 2.74. The van der Waals surface area contributed by atoms with Gasteiger partial charge in [-0.1, -0.05) is 12.2 Å². The first-order chi connectivity index (χ1) is 8.66. The van der Waals surface area contributed by atoms with Crippen LogP contribution in [-0.4, -0.2) is 16.5 Å². The van der Waals surface area contributed by atoms with Crippen molar-refractivity contribution in [3.05, 3.63) is 44.8 Å². The summed E-state index contributed by atoms with van der Waals surface area (Å²) in [5, 5.41) is 6.48. The molecule has 0 unspecified atom stereocenters. The van der Waals surface area contributed by atoms with E-state index in [-0.39, 0.29) is 0 Å². The Bertz CT molecular complexity index is 540. The van der Waals surface area contributed by atoms with Gasteiger partial charge in [-0.3, -0.25) is 0 Å². The maximum atomic E-state index is 5.58. The quantitative estimate of drug-likeness (QED) is 0.820. The van der Waals surface area contributed by atoms with Crippen molar-refractivity contribution >= 4 is 50.2 Å². The molecule has 0 amide bonds. The highest BCUT2D eigenvalue weighted by molar-refractivity contribution is 9.10. The lowest BCUT2D eigenvalue weighted by Gasteiger charge is -2.09. The van der Waals surface area contributed by atoms with Crippen LogP contribution in [0.4, 0.5) is 5.69 Å². The third-order valence-corrected chi connectivity index (χ3v) is 4.12. The highest BCUT2D eigenvalue weighted by Crippen LogP contribution is 2.23. The smallest absolute Gasteiger partial charge is 0.104 e. The molecule has 0 saturated heterocycles. The average Bonchev–Trinajstić information content (AvgIpc) is 2.84. The molecule has 0 radical (unpaired) electrons. The number of nitrogens with zero attached hydrogens (tertiary/aromatic N) is 1. The molecule has 3 N–H and O–H groups in total. The van der Waals surface area contributed by atoms with Crippen LogP contribution in [0.3, 0.4) is 0 Å². The van der Waals surface area contributed by atoms with Gasteiger partial charge in [-0.15, -0.1) is 11.3 Å². The van der Waals surface area contributed by atoms with Crippen LogP contribution in [0, 0.1) is 0 Å². The number of nitrogens with one attached hydrogen (secondary N) is 1. The van der Waals surface area contributed by atoms with Crippen molar-refractivity contribution in [2.75, 3.05) is 11.9 Å². The van der Waals surface area contributed by atoms with E-state index < -0.39 is 0 Å². The normalized spacial score (nSPS) is 10.3. The minimum Gasteiger partial charge on any atom is -0.389 e. The molecule has 1 aromatic heterocycles. The van der Waals surface area contributed by atoms with E-state index in [2.05, 4.69) is 26.2 Å². The molecule has 0 saturated carbocycles. The first-order valence-electron chi connectivity index (χ1n) is 5.38. The van der Waals surface area contributed by atoms with E-state index in [0.29, 0.717) is 4.99 Å². The number of hydrogen-bond acceptors (Lipinski definition) is 4. The number of aromatic nitrogens is 1. The standard InChI is InChI=1S/C12H12BrN3S2/c13-9-7-8(12(14)17)1-2-10(9)15-4-3-11-16-5-6-18-11/h1-2,5-7,15H,3-4H2,(H2,14,17). The Morgan fingerprint density at radius 2 is 2.33 bits per heavy atom. The van der Waals surface area contributed by atoms with Crippen molar-refractivity contribution in [1.29, 1.82) is 0 Å². The van der Waals surface area contributed by atoms with Crippen LogP contribution in [0.2, 0.25) is 0 Å². The molecule has 0 bridgehead atoms. The van der Waals surface area contributed by atoms with Gasteiger partial charge in [0, 0.05) is 40.3 Å². The molecule has 2 aromatic rings. The van der Waals surface area contributed by atoms with Gasteiger partial charge in [0.05, 0.1) is 5.01 Å². The van der Waals surface area contributed by atoms with E-state index in [4.69, 9.17) is 18.0 Å². The molecule has 0 aliphatic rings. The predicted octanol–water partition coefficient (Wildman–Crippen LogP) is 3.19. The molecule has 0 aliphatic heterocycles. The first-order valence-corrected chi connectivity index (χ1v) is 7.46. The summed E-state index contributed by atoms with van der Waals surface area (Å²) < 4.78 is 0.965. The lowest BCUT2D eigenvalue weighted by Crippen LogP contribution is -2.10. The van der Waals surface area contributed by atoms with Crippen LogP contribution in [-0.2, 0) is 6.42 Å². The number of thiazole rings is 1. The number of hydrogen-bond donors (Lipinski definition) is 2. The number of halogens is 1. The van der Waals surface area contributed by atoms with Gasteiger partial charge >= 0.3 is 0 Å². The molecule has 18 heavy (non-hydrogen) atoms. The maximum absolute atomic E-state index is 5.58. The Labute approximate surface area is 124 Å². The molecule has 0 aliphatic carbocycles. The molecule has 1 aromatic carbocycles. The van der Waals surface area contributed by atoms with Gasteiger partial charge < -0.3 is 11.1 Å². The average molecular weight is 342 g/mol. The van der Waals surface area contributed by atoms with Crippen LogP contribution in [0.1, 0.15) is 10.6 Å². The fourth-order valence-electron chi connectivity index (χ4n) is 1.49. The summed E-state index contributed by atoms with van der Waals surface area (Å²) in [6.45, 7) is 0.846. The molecular weight excluding hydrogens is 330 g/mol. The van der Waals surface area contributed by atoms with Crippen molar-refractivity contribution in [2.45, 2.75) is 6.42 Å². The molecule has 0 spiro atoms. The van der Waals surface area contributed by atoms with E-state index >= 15 is 0 Å². The van der Waals surface area contributed by atoms with Crippen molar-refractivity contribution in [1.82, 2.24) is 4.98 Å². The first kappa shape index (κ1) is 13.5. The summed E-state index contributed by atoms with van der Waals surface area (Å²) in [6, 6.07) is 5.81. The zero-order chi connectivity index (χ0) is 13.0.